The van der Waals surface area contributed by atoms with Crippen molar-refractivity contribution in [2.75, 3.05) is 0 Å². The Morgan fingerprint density at radius 1 is 1.13 bits per heavy atom. The van der Waals surface area contributed by atoms with E-state index in [0.29, 0.717) is 22.1 Å². The first kappa shape index (κ1) is 21.5. The summed E-state index contributed by atoms with van der Waals surface area (Å²) in [5.74, 6) is -1.03. The maximum atomic E-state index is 12.9. The number of carbonyl (C=O) groups is 2. The monoisotopic (exact) mass is 426 g/mol. The number of carboxylic acid groups (broad SMARTS) is 1. The van der Waals surface area contributed by atoms with Gasteiger partial charge in [0, 0.05) is 5.92 Å². The number of nitrogens with one attached hydrogen (secondary N) is 1. The second kappa shape index (κ2) is 9.09. The summed E-state index contributed by atoms with van der Waals surface area (Å²) in [4.78, 5) is 28.6. The predicted octanol–water partition coefficient (Wildman–Crippen LogP) is 4.30. The minimum atomic E-state index is -1.02. The zero-order valence-corrected chi connectivity index (χ0v) is 17.7. The molecule has 3 aromatic rings. The van der Waals surface area contributed by atoms with E-state index in [4.69, 9.17) is 11.6 Å². The minimum absolute atomic E-state index is 0.0118. The summed E-state index contributed by atoms with van der Waals surface area (Å²) >= 11 is 6.30. The van der Waals surface area contributed by atoms with Gasteiger partial charge < -0.3 is 10.4 Å². The van der Waals surface area contributed by atoms with Gasteiger partial charge in [0.1, 0.15) is 5.82 Å². The van der Waals surface area contributed by atoms with Crippen LogP contribution in [0.15, 0.2) is 48.5 Å². The number of para-hydroxylation sites is 1. The van der Waals surface area contributed by atoms with E-state index in [-0.39, 0.29) is 18.2 Å². The van der Waals surface area contributed by atoms with Gasteiger partial charge in [0.25, 0.3) is 5.91 Å². The lowest BCUT2D eigenvalue weighted by atomic mass is 10.0. The number of carboxylic acids is 1. The smallest absolute Gasteiger partial charge is 0.305 e. The predicted molar refractivity (Wildman–Crippen MR) is 114 cm³/mol. The van der Waals surface area contributed by atoms with Crippen LogP contribution in [0.1, 0.15) is 59.8 Å². The number of amides is 1. The van der Waals surface area contributed by atoms with Gasteiger partial charge in [-0.05, 0) is 24.6 Å². The topological polar surface area (TPSA) is 97.1 Å². The SMILES string of the molecule is Cc1ccc([C@H](CC(=O)O)NC(=O)c2nc(C(C)C)n(-c3ccccc3Cl)n2)cc1. The first-order chi connectivity index (χ1) is 14.3. The molecule has 30 heavy (non-hydrogen) atoms. The van der Waals surface area contributed by atoms with Crippen molar-refractivity contribution in [3.63, 3.8) is 0 Å². The van der Waals surface area contributed by atoms with Crippen molar-refractivity contribution >= 4 is 23.5 Å². The van der Waals surface area contributed by atoms with Gasteiger partial charge in [-0.2, -0.15) is 0 Å². The van der Waals surface area contributed by atoms with Crippen molar-refractivity contribution in [1.29, 1.82) is 0 Å². The van der Waals surface area contributed by atoms with Crippen LogP contribution < -0.4 is 5.32 Å². The lowest BCUT2D eigenvalue weighted by molar-refractivity contribution is -0.137. The molecule has 2 aromatic carbocycles. The van der Waals surface area contributed by atoms with E-state index >= 15 is 0 Å². The highest BCUT2D eigenvalue weighted by molar-refractivity contribution is 6.32. The first-order valence-electron chi connectivity index (χ1n) is 9.57. The molecule has 1 heterocycles. The third-order valence-electron chi connectivity index (χ3n) is 4.60. The summed E-state index contributed by atoms with van der Waals surface area (Å²) in [5, 5.41) is 16.9. The Kier molecular flexibility index (Phi) is 6.52. The molecule has 0 aliphatic carbocycles. The lowest BCUT2D eigenvalue weighted by Gasteiger charge is -2.16. The molecule has 0 bridgehead atoms. The van der Waals surface area contributed by atoms with E-state index in [9.17, 15) is 14.7 Å². The van der Waals surface area contributed by atoms with Crippen LogP contribution in [-0.4, -0.2) is 31.7 Å². The highest BCUT2D eigenvalue weighted by Gasteiger charge is 2.24. The molecule has 0 saturated carbocycles. The van der Waals surface area contributed by atoms with E-state index in [2.05, 4.69) is 15.4 Å². The number of benzene rings is 2. The van der Waals surface area contributed by atoms with Crippen LogP contribution in [0.4, 0.5) is 0 Å². The average molecular weight is 427 g/mol. The van der Waals surface area contributed by atoms with E-state index in [1.807, 2.05) is 45.0 Å². The fourth-order valence-corrected chi connectivity index (χ4v) is 3.26. The molecule has 0 spiro atoms. The summed E-state index contributed by atoms with van der Waals surface area (Å²) < 4.78 is 1.56. The largest absolute Gasteiger partial charge is 0.481 e. The number of halogens is 1. The summed E-state index contributed by atoms with van der Waals surface area (Å²) in [6, 6.07) is 13.8. The van der Waals surface area contributed by atoms with Crippen LogP contribution in [0, 0.1) is 6.92 Å². The molecular formula is C22H23ClN4O3. The molecule has 1 atom stereocenters. The van der Waals surface area contributed by atoms with Gasteiger partial charge >= 0.3 is 5.97 Å². The number of aliphatic carboxylic acids is 1. The van der Waals surface area contributed by atoms with Crippen LogP contribution in [0.25, 0.3) is 5.69 Å². The van der Waals surface area contributed by atoms with Crippen molar-refractivity contribution in [3.8, 4) is 5.69 Å². The summed E-state index contributed by atoms with van der Waals surface area (Å²) in [7, 11) is 0. The fraction of sp³-hybridized carbons (Fsp3) is 0.273. The number of aryl methyl sites for hydroxylation is 1. The van der Waals surface area contributed by atoms with E-state index in [1.165, 1.54) is 0 Å². The van der Waals surface area contributed by atoms with Crippen LogP contribution in [-0.2, 0) is 4.79 Å². The molecular weight excluding hydrogens is 404 g/mol. The standard InChI is InChI=1S/C22H23ClN4O3/c1-13(2)21-25-20(26-27(21)18-7-5-4-6-16(18)23)22(30)24-17(12-19(28)29)15-10-8-14(3)9-11-15/h4-11,13,17H,12H2,1-3H3,(H,24,30)(H,28,29)/t17-/m0/s1. The lowest BCUT2D eigenvalue weighted by Crippen LogP contribution is -2.31. The van der Waals surface area contributed by atoms with Crippen molar-refractivity contribution in [1.82, 2.24) is 20.1 Å². The van der Waals surface area contributed by atoms with Crippen LogP contribution in [0.5, 0.6) is 0 Å². The third kappa shape index (κ3) is 4.86. The highest BCUT2D eigenvalue weighted by Crippen LogP contribution is 2.24. The Labute approximate surface area is 179 Å². The Morgan fingerprint density at radius 2 is 1.80 bits per heavy atom. The number of hydrogen-bond donors (Lipinski definition) is 2. The highest BCUT2D eigenvalue weighted by atomic mass is 35.5. The van der Waals surface area contributed by atoms with Crippen molar-refractivity contribution in [3.05, 3.63) is 76.3 Å². The van der Waals surface area contributed by atoms with E-state index in [1.54, 1.807) is 28.9 Å². The number of carbonyl (C=O) groups excluding carboxylic acids is 1. The van der Waals surface area contributed by atoms with Gasteiger partial charge in [0.15, 0.2) is 0 Å². The summed E-state index contributed by atoms with van der Waals surface area (Å²) in [5.41, 5.74) is 2.36. The van der Waals surface area contributed by atoms with Crippen LogP contribution >= 0.6 is 11.6 Å². The molecule has 8 heteroatoms. The number of hydrogen-bond acceptors (Lipinski definition) is 4. The summed E-state index contributed by atoms with van der Waals surface area (Å²) in [6.07, 6.45) is -0.253. The molecule has 3 rings (SSSR count). The number of aromatic nitrogens is 3. The molecule has 0 aliphatic heterocycles. The van der Waals surface area contributed by atoms with E-state index in [0.717, 1.165) is 5.56 Å². The molecule has 0 saturated heterocycles. The van der Waals surface area contributed by atoms with Crippen molar-refractivity contribution < 1.29 is 14.7 Å². The second-order valence-corrected chi connectivity index (χ2v) is 7.75. The Hall–Kier alpha value is -3.19. The molecule has 2 N–H and O–H groups in total. The molecule has 0 aliphatic rings. The van der Waals surface area contributed by atoms with Gasteiger partial charge in [-0.15, -0.1) is 5.10 Å². The molecule has 0 fully saturated rings. The van der Waals surface area contributed by atoms with Crippen molar-refractivity contribution in [2.24, 2.45) is 0 Å². The molecule has 0 radical (unpaired) electrons. The Bertz CT molecular complexity index is 1060. The van der Waals surface area contributed by atoms with Gasteiger partial charge in [0.05, 0.1) is 23.2 Å². The van der Waals surface area contributed by atoms with Gasteiger partial charge in [-0.3, -0.25) is 9.59 Å². The molecule has 1 aromatic heterocycles. The Balaban J connectivity index is 1.93. The first-order valence-corrected chi connectivity index (χ1v) is 9.95. The fourth-order valence-electron chi connectivity index (χ4n) is 3.04. The quantitative estimate of drug-likeness (QED) is 0.587. The Morgan fingerprint density at radius 3 is 2.40 bits per heavy atom. The molecule has 0 unspecified atom stereocenters. The van der Waals surface area contributed by atoms with Gasteiger partial charge in [-0.1, -0.05) is 67.4 Å². The van der Waals surface area contributed by atoms with Gasteiger partial charge in [0.2, 0.25) is 5.82 Å². The summed E-state index contributed by atoms with van der Waals surface area (Å²) in [6.45, 7) is 5.82. The number of nitrogens with zero attached hydrogens (tertiary/aromatic N) is 3. The van der Waals surface area contributed by atoms with Crippen LogP contribution in [0.3, 0.4) is 0 Å². The van der Waals surface area contributed by atoms with E-state index < -0.39 is 17.9 Å². The number of rotatable bonds is 7. The second-order valence-electron chi connectivity index (χ2n) is 7.35. The van der Waals surface area contributed by atoms with Crippen LogP contribution in [0.2, 0.25) is 5.02 Å². The molecule has 7 nitrogen and oxygen atoms in total. The third-order valence-corrected chi connectivity index (χ3v) is 4.92. The zero-order chi connectivity index (χ0) is 21.8. The molecule has 156 valence electrons. The average Bonchev–Trinajstić information content (AvgIpc) is 3.14. The zero-order valence-electron chi connectivity index (χ0n) is 17.0. The maximum Gasteiger partial charge on any atom is 0.305 e. The normalized spacial score (nSPS) is 12.0. The van der Waals surface area contributed by atoms with Crippen molar-refractivity contribution in [2.45, 2.75) is 39.2 Å². The minimum Gasteiger partial charge on any atom is -0.481 e. The molecule has 1 amide bonds. The maximum absolute atomic E-state index is 12.9. The van der Waals surface area contributed by atoms with Gasteiger partial charge in [-0.25, -0.2) is 9.67 Å².